The molecule has 0 aromatic heterocycles. The molecule has 0 radical (unpaired) electrons. The number of hydroxylamine groups is 2. The Kier molecular flexibility index (Phi) is 11.0. The SMILES string of the molecule is Cc1cc(C)cc(C(=O)NO[C@H](COCc2ccccc2)C(=O)NO[C@@H](CC(C)C)C(=O)Nc2ccc3c(c2)OC(F)(F)O3)c1. The Morgan fingerprint density at radius 3 is 2.18 bits per heavy atom. The van der Waals surface area contributed by atoms with Crippen molar-refractivity contribution in [3.05, 3.63) is 89.0 Å². The second-order valence-corrected chi connectivity index (χ2v) is 10.9. The number of ether oxygens (including phenoxy) is 3. The highest BCUT2D eigenvalue weighted by Gasteiger charge is 2.43. The lowest BCUT2D eigenvalue weighted by atomic mass is 10.1. The molecule has 3 aromatic rings. The molecule has 0 spiro atoms. The first-order valence-corrected chi connectivity index (χ1v) is 14.2. The van der Waals surface area contributed by atoms with Crippen molar-refractivity contribution in [1.29, 1.82) is 0 Å². The molecule has 3 amide bonds. The maximum Gasteiger partial charge on any atom is 0.586 e. The van der Waals surface area contributed by atoms with Crippen LogP contribution in [-0.4, -0.2) is 42.8 Å². The van der Waals surface area contributed by atoms with Gasteiger partial charge in [0, 0.05) is 17.3 Å². The Hall–Kier alpha value is -4.59. The highest BCUT2D eigenvalue weighted by molar-refractivity contribution is 5.95. The van der Waals surface area contributed by atoms with Crippen LogP contribution >= 0.6 is 0 Å². The van der Waals surface area contributed by atoms with E-state index >= 15 is 0 Å². The fourth-order valence-electron chi connectivity index (χ4n) is 4.39. The number of halogens is 2. The topological polar surface area (TPSA) is 133 Å². The molecule has 0 unspecified atom stereocenters. The van der Waals surface area contributed by atoms with Crippen molar-refractivity contribution < 1.29 is 47.1 Å². The molecule has 4 rings (SSSR count). The zero-order valence-corrected chi connectivity index (χ0v) is 25.2. The minimum Gasteiger partial charge on any atom is -0.395 e. The average molecular weight is 628 g/mol. The number of nitrogens with one attached hydrogen (secondary N) is 3. The largest absolute Gasteiger partial charge is 0.586 e. The van der Waals surface area contributed by atoms with Gasteiger partial charge in [-0.3, -0.25) is 24.1 Å². The van der Waals surface area contributed by atoms with E-state index < -0.39 is 36.2 Å². The zero-order chi connectivity index (χ0) is 32.6. The van der Waals surface area contributed by atoms with Crippen molar-refractivity contribution in [2.75, 3.05) is 11.9 Å². The third-order valence-corrected chi connectivity index (χ3v) is 6.40. The van der Waals surface area contributed by atoms with Crippen LogP contribution in [0.15, 0.2) is 66.7 Å². The van der Waals surface area contributed by atoms with Gasteiger partial charge in [-0.2, -0.15) is 0 Å². The van der Waals surface area contributed by atoms with Crippen molar-refractivity contribution >= 4 is 23.4 Å². The van der Waals surface area contributed by atoms with Crippen LogP contribution in [0.2, 0.25) is 0 Å². The van der Waals surface area contributed by atoms with E-state index in [9.17, 15) is 23.2 Å². The third-order valence-electron chi connectivity index (χ3n) is 6.40. The van der Waals surface area contributed by atoms with Crippen LogP contribution in [0, 0.1) is 19.8 Å². The summed E-state index contributed by atoms with van der Waals surface area (Å²) in [5, 5.41) is 2.57. The smallest absolute Gasteiger partial charge is 0.395 e. The molecule has 11 nitrogen and oxygen atoms in total. The molecule has 240 valence electrons. The van der Waals surface area contributed by atoms with Gasteiger partial charge in [0.1, 0.15) is 0 Å². The van der Waals surface area contributed by atoms with Crippen molar-refractivity contribution in [2.45, 2.75) is 59.2 Å². The van der Waals surface area contributed by atoms with Gasteiger partial charge in [0.05, 0.1) is 13.2 Å². The van der Waals surface area contributed by atoms with Crippen molar-refractivity contribution in [1.82, 2.24) is 11.0 Å². The summed E-state index contributed by atoms with van der Waals surface area (Å²) in [5.41, 5.74) is 7.63. The zero-order valence-electron chi connectivity index (χ0n) is 25.2. The fraction of sp³-hybridized carbons (Fsp3) is 0.344. The normalized spacial score (nSPS) is 14.5. The van der Waals surface area contributed by atoms with Crippen LogP contribution in [-0.2, 0) is 30.6 Å². The quantitative estimate of drug-likeness (QED) is 0.214. The molecule has 1 heterocycles. The Morgan fingerprint density at radius 1 is 0.822 bits per heavy atom. The molecule has 45 heavy (non-hydrogen) atoms. The molecule has 3 N–H and O–H groups in total. The molecule has 1 aliphatic heterocycles. The Bertz CT molecular complexity index is 1480. The highest BCUT2D eigenvalue weighted by atomic mass is 19.3. The van der Waals surface area contributed by atoms with Crippen molar-refractivity contribution in [2.24, 2.45) is 5.92 Å². The summed E-state index contributed by atoms with van der Waals surface area (Å²) >= 11 is 0. The highest BCUT2D eigenvalue weighted by Crippen LogP contribution is 2.42. The lowest BCUT2D eigenvalue weighted by Gasteiger charge is -2.22. The molecule has 0 bridgehead atoms. The van der Waals surface area contributed by atoms with Crippen LogP contribution < -0.4 is 25.8 Å². The lowest BCUT2D eigenvalue weighted by molar-refractivity contribution is -0.286. The first-order chi connectivity index (χ1) is 21.4. The summed E-state index contributed by atoms with van der Waals surface area (Å²) in [4.78, 5) is 50.0. The number of anilines is 1. The van der Waals surface area contributed by atoms with E-state index in [0.29, 0.717) is 5.56 Å². The van der Waals surface area contributed by atoms with Gasteiger partial charge in [-0.1, -0.05) is 61.4 Å². The lowest BCUT2D eigenvalue weighted by Crippen LogP contribution is -2.46. The predicted molar refractivity (Wildman–Crippen MR) is 158 cm³/mol. The molecule has 2 atom stereocenters. The minimum absolute atomic E-state index is 0.0357. The van der Waals surface area contributed by atoms with Crippen LogP contribution in [0.25, 0.3) is 0 Å². The molecule has 1 aliphatic rings. The van der Waals surface area contributed by atoms with E-state index in [2.05, 4.69) is 25.8 Å². The molecular weight excluding hydrogens is 592 g/mol. The first-order valence-electron chi connectivity index (χ1n) is 14.2. The summed E-state index contributed by atoms with van der Waals surface area (Å²) in [6, 6.07) is 18.3. The van der Waals surface area contributed by atoms with E-state index in [0.717, 1.165) is 16.7 Å². The fourth-order valence-corrected chi connectivity index (χ4v) is 4.39. The van der Waals surface area contributed by atoms with Gasteiger partial charge in [-0.25, -0.2) is 11.0 Å². The summed E-state index contributed by atoms with van der Waals surface area (Å²) in [7, 11) is 0. The summed E-state index contributed by atoms with van der Waals surface area (Å²) < 4.78 is 41.3. The van der Waals surface area contributed by atoms with Gasteiger partial charge < -0.3 is 19.5 Å². The van der Waals surface area contributed by atoms with Crippen LogP contribution in [0.4, 0.5) is 14.5 Å². The Labute approximate surface area is 259 Å². The van der Waals surface area contributed by atoms with Gasteiger partial charge >= 0.3 is 6.29 Å². The van der Waals surface area contributed by atoms with Crippen LogP contribution in [0.1, 0.15) is 47.3 Å². The van der Waals surface area contributed by atoms with Crippen LogP contribution in [0.3, 0.4) is 0 Å². The first kappa shape index (κ1) is 33.3. The average Bonchev–Trinajstić information content (AvgIpc) is 3.29. The van der Waals surface area contributed by atoms with E-state index in [-0.39, 0.29) is 42.7 Å². The van der Waals surface area contributed by atoms with Crippen LogP contribution in [0.5, 0.6) is 11.5 Å². The van der Waals surface area contributed by atoms with E-state index in [1.165, 1.54) is 18.2 Å². The van der Waals surface area contributed by atoms with E-state index in [4.69, 9.17) is 14.4 Å². The number of hydrogen-bond donors (Lipinski definition) is 3. The summed E-state index contributed by atoms with van der Waals surface area (Å²) in [6.07, 6.45) is -6.16. The number of hydrogen-bond acceptors (Lipinski definition) is 8. The molecule has 13 heteroatoms. The van der Waals surface area contributed by atoms with Gasteiger partial charge in [0.15, 0.2) is 23.7 Å². The molecule has 0 fully saturated rings. The monoisotopic (exact) mass is 627 g/mol. The number of aryl methyl sites for hydroxylation is 2. The van der Waals surface area contributed by atoms with Gasteiger partial charge in [0.2, 0.25) is 0 Å². The summed E-state index contributed by atoms with van der Waals surface area (Å²) in [5.74, 6) is -2.50. The number of alkyl halides is 2. The second-order valence-electron chi connectivity index (χ2n) is 10.9. The summed E-state index contributed by atoms with van der Waals surface area (Å²) in [6.45, 7) is 7.30. The number of carbonyl (C=O) groups excluding carboxylic acids is 3. The molecule has 0 saturated heterocycles. The maximum absolute atomic E-state index is 13.4. The van der Waals surface area contributed by atoms with E-state index in [1.807, 2.05) is 64.1 Å². The number of fused-ring (bicyclic) bond motifs is 1. The number of rotatable bonds is 14. The maximum atomic E-state index is 13.4. The number of carbonyl (C=O) groups is 3. The molecular formula is C32H35F2N3O8. The predicted octanol–water partition coefficient (Wildman–Crippen LogP) is 4.97. The number of benzene rings is 3. The van der Waals surface area contributed by atoms with Crippen molar-refractivity contribution in [3.8, 4) is 11.5 Å². The van der Waals surface area contributed by atoms with Gasteiger partial charge in [-0.15, -0.1) is 8.78 Å². The third kappa shape index (κ3) is 9.96. The standard InChI is InChI=1S/C32H35F2N3O8/c1-19(2)12-27(30(39)35-24-10-11-25-26(16-24)43-32(33,34)42-25)44-37-31(40)28(18-41-17-22-8-6-5-7-9-22)45-36-29(38)23-14-20(3)13-21(4)15-23/h5-11,13-16,19,27-28H,12,17-18H2,1-4H3,(H,35,39)(H,36,38)(H,37,40)/t27-,28+/m0/s1. The molecule has 3 aromatic carbocycles. The van der Waals surface area contributed by atoms with E-state index in [1.54, 1.807) is 12.1 Å². The van der Waals surface area contributed by atoms with Gasteiger partial charge in [-0.05, 0) is 56.0 Å². The minimum atomic E-state index is -3.81. The number of amides is 3. The second kappa shape index (κ2) is 14.9. The van der Waals surface area contributed by atoms with Crippen molar-refractivity contribution in [3.63, 3.8) is 0 Å². The molecule has 0 saturated carbocycles. The van der Waals surface area contributed by atoms with Gasteiger partial charge in [0.25, 0.3) is 17.7 Å². The Morgan fingerprint density at radius 2 is 1.49 bits per heavy atom. The Balaban J connectivity index is 1.40. The molecule has 0 aliphatic carbocycles.